The second-order valence-corrected chi connectivity index (χ2v) is 7.11. The summed E-state index contributed by atoms with van der Waals surface area (Å²) in [5, 5.41) is 0. The van der Waals surface area contributed by atoms with Crippen LogP contribution in [0, 0.1) is 6.92 Å². The molecule has 0 aliphatic carbocycles. The third-order valence-corrected chi connectivity index (χ3v) is 5.31. The summed E-state index contributed by atoms with van der Waals surface area (Å²) in [6, 6.07) is 9.93. The molecule has 1 saturated heterocycles. The molecule has 1 amide bonds. The molecule has 1 aromatic carbocycles. The zero-order valence-corrected chi connectivity index (χ0v) is 15.3. The zero-order valence-electron chi connectivity index (χ0n) is 15.3. The average Bonchev–Trinajstić information content (AvgIpc) is 2.69. The Kier molecular flexibility index (Phi) is 4.89. The number of hydrogen-bond donors (Lipinski definition) is 0. The van der Waals surface area contributed by atoms with Gasteiger partial charge in [0, 0.05) is 44.5 Å². The molecule has 1 aromatic heterocycles. The van der Waals surface area contributed by atoms with Gasteiger partial charge in [0.05, 0.1) is 12.3 Å². The van der Waals surface area contributed by atoms with Crippen molar-refractivity contribution >= 4 is 5.91 Å². The fourth-order valence-electron chi connectivity index (χ4n) is 3.68. The first-order valence-corrected chi connectivity index (χ1v) is 9.38. The zero-order chi connectivity index (χ0) is 17.9. The second kappa shape index (κ2) is 7.46. The largest absolute Gasteiger partial charge is 0.493 e. The number of carbonyl (C=O) groups is 1. The monoisotopic (exact) mass is 351 g/mol. The Balaban J connectivity index is 1.37. The van der Waals surface area contributed by atoms with Gasteiger partial charge in [0.2, 0.25) is 0 Å². The van der Waals surface area contributed by atoms with Crippen molar-refractivity contribution in [3.63, 3.8) is 0 Å². The molecular weight excluding hydrogens is 326 g/mol. The highest BCUT2D eigenvalue weighted by molar-refractivity contribution is 5.94. The molecule has 0 bridgehead atoms. The fourth-order valence-corrected chi connectivity index (χ4v) is 3.68. The molecule has 0 atom stereocenters. The summed E-state index contributed by atoms with van der Waals surface area (Å²) in [7, 11) is 0. The third kappa shape index (κ3) is 3.58. The molecule has 5 nitrogen and oxygen atoms in total. The van der Waals surface area contributed by atoms with Gasteiger partial charge in [0.25, 0.3) is 5.91 Å². The van der Waals surface area contributed by atoms with E-state index < -0.39 is 0 Å². The predicted octanol–water partition coefficient (Wildman–Crippen LogP) is 2.67. The van der Waals surface area contributed by atoms with Gasteiger partial charge in [-0.1, -0.05) is 6.07 Å². The van der Waals surface area contributed by atoms with Crippen molar-refractivity contribution in [2.24, 2.45) is 0 Å². The van der Waals surface area contributed by atoms with E-state index in [1.807, 2.05) is 35.4 Å². The first-order valence-electron chi connectivity index (χ1n) is 9.38. The molecule has 2 aromatic rings. The van der Waals surface area contributed by atoms with E-state index in [2.05, 4.69) is 22.9 Å². The molecule has 5 heteroatoms. The van der Waals surface area contributed by atoms with Crippen molar-refractivity contribution in [1.82, 2.24) is 14.8 Å². The number of hydrogen-bond acceptors (Lipinski definition) is 4. The number of fused-ring (bicyclic) bond motifs is 1. The SMILES string of the molecule is Cc1cccnc1CN1CCN(C(=O)c2ccc3c(c2)CCCO3)CC1. The lowest BCUT2D eigenvalue weighted by Gasteiger charge is -2.35. The van der Waals surface area contributed by atoms with Crippen LogP contribution in [0.5, 0.6) is 5.75 Å². The van der Waals surface area contributed by atoms with Crippen LogP contribution in [-0.2, 0) is 13.0 Å². The second-order valence-electron chi connectivity index (χ2n) is 7.11. The molecule has 2 aliphatic heterocycles. The smallest absolute Gasteiger partial charge is 0.253 e. The normalized spacial score (nSPS) is 17.5. The van der Waals surface area contributed by atoms with E-state index in [1.54, 1.807) is 0 Å². The molecule has 0 unspecified atom stereocenters. The average molecular weight is 351 g/mol. The van der Waals surface area contributed by atoms with Gasteiger partial charge in [-0.05, 0) is 55.2 Å². The van der Waals surface area contributed by atoms with E-state index >= 15 is 0 Å². The van der Waals surface area contributed by atoms with Gasteiger partial charge in [-0.15, -0.1) is 0 Å². The summed E-state index contributed by atoms with van der Waals surface area (Å²) in [6.07, 6.45) is 3.87. The number of aryl methyl sites for hydroxylation is 2. The highest BCUT2D eigenvalue weighted by atomic mass is 16.5. The van der Waals surface area contributed by atoms with E-state index in [4.69, 9.17) is 4.74 Å². The van der Waals surface area contributed by atoms with Gasteiger partial charge in [0.1, 0.15) is 5.75 Å². The Morgan fingerprint density at radius 2 is 2.04 bits per heavy atom. The van der Waals surface area contributed by atoms with E-state index in [0.717, 1.165) is 74.7 Å². The fraction of sp³-hybridized carbons (Fsp3) is 0.429. The third-order valence-electron chi connectivity index (χ3n) is 5.31. The molecule has 26 heavy (non-hydrogen) atoms. The standard InChI is InChI=1S/C21H25N3O2/c1-16-4-2-8-22-19(16)15-23-9-11-24(12-10-23)21(25)18-6-7-20-17(14-18)5-3-13-26-20/h2,4,6-8,14H,3,5,9-13,15H2,1H3. The van der Waals surface area contributed by atoms with E-state index in [9.17, 15) is 4.79 Å². The number of amides is 1. The van der Waals surface area contributed by atoms with Crippen LogP contribution in [-0.4, -0.2) is 53.5 Å². The molecule has 136 valence electrons. The van der Waals surface area contributed by atoms with Gasteiger partial charge in [-0.2, -0.15) is 0 Å². The highest BCUT2D eigenvalue weighted by Gasteiger charge is 2.23. The van der Waals surface area contributed by atoms with E-state index in [1.165, 1.54) is 5.56 Å². The molecule has 1 fully saturated rings. The molecule has 0 N–H and O–H groups in total. The van der Waals surface area contributed by atoms with Crippen LogP contribution in [0.2, 0.25) is 0 Å². The van der Waals surface area contributed by atoms with Gasteiger partial charge in [-0.25, -0.2) is 0 Å². The molecule has 3 heterocycles. The van der Waals surface area contributed by atoms with Gasteiger partial charge < -0.3 is 9.64 Å². The summed E-state index contributed by atoms with van der Waals surface area (Å²) in [5.74, 6) is 1.07. The maximum absolute atomic E-state index is 12.9. The summed E-state index contributed by atoms with van der Waals surface area (Å²) in [6.45, 7) is 7.02. The van der Waals surface area contributed by atoms with Crippen molar-refractivity contribution in [2.75, 3.05) is 32.8 Å². The van der Waals surface area contributed by atoms with Crippen molar-refractivity contribution < 1.29 is 9.53 Å². The van der Waals surface area contributed by atoms with Gasteiger partial charge >= 0.3 is 0 Å². The number of nitrogens with zero attached hydrogens (tertiary/aromatic N) is 3. The number of ether oxygens (including phenoxy) is 1. The van der Waals surface area contributed by atoms with Crippen LogP contribution in [0.15, 0.2) is 36.5 Å². The van der Waals surface area contributed by atoms with Crippen molar-refractivity contribution in [2.45, 2.75) is 26.3 Å². The number of rotatable bonds is 3. The highest BCUT2D eigenvalue weighted by Crippen LogP contribution is 2.26. The lowest BCUT2D eigenvalue weighted by atomic mass is 10.0. The first-order chi connectivity index (χ1) is 12.7. The molecular formula is C21H25N3O2. The van der Waals surface area contributed by atoms with Crippen LogP contribution < -0.4 is 4.74 Å². The van der Waals surface area contributed by atoms with Crippen LogP contribution in [0.1, 0.15) is 33.6 Å². The maximum atomic E-state index is 12.9. The number of piperazine rings is 1. The molecule has 2 aliphatic rings. The van der Waals surface area contributed by atoms with E-state index in [0.29, 0.717) is 0 Å². The number of benzene rings is 1. The summed E-state index contributed by atoms with van der Waals surface area (Å²) < 4.78 is 5.65. The van der Waals surface area contributed by atoms with Crippen molar-refractivity contribution in [1.29, 1.82) is 0 Å². The van der Waals surface area contributed by atoms with Crippen molar-refractivity contribution in [3.05, 3.63) is 58.9 Å². The molecule has 0 spiro atoms. The van der Waals surface area contributed by atoms with Crippen LogP contribution in [0.3, 0.4) is 0 Å². The number of carbonyl (C=O) groups excluding carboxylic acids is 1. The minimum atomic E-state index is 0.132. The van der Waals surface area contributed by atoms with Gasteiger partial charge in [-0.3, -0.25) is 14.7 Å². The summed E-state index contributed by atoms with van der Waals surface area (Å²) >= 11 is 0. The Bertz CT molecular complexity index is 798. The lowest BCUT2D eigenvalue weighted by Crippen LogP contribution is -2.48. The minimum Gasteiger partial charge on any atom is -0.493 e. The summed E-state index contributed by atoms with van der Waals surface area (Å²) in [4.78, 5) is 21.7. The maximum Gasteiger partial charge on any atom is 0.253 e. The van der Waals surface area contributed by atoms with Crippen LogP contribution in [0.4, 0.5) is 0 Å². The van der Waals surface area contributed by atoms with Gasteiger partial charge in [0.15, 0.2) is 0 Å². The first kappa shape index (κ1) is 17.0. The van der Waals surface area contributed by atoms with Crippen LogP contribution >= 0.6 is 0 Å². The van der Waals surface area contributed by atoms with E-state index in [-0.39, 0.29) is 5.91 Å². The molecule has 0 saturated carbocycles. The Morgan fingerprint density at radius 1 is 1.19 bits per heavy atom. The van der Waals surface area contributed by atoms with Crippen molar-refractivity contribution in [3.8, 4) is 5.75 Å². The lowest BCUT2D eigenvalue weighted by molar-refractivity contribution is 0.0626. The number of aromatic nitrogens is 1. The Labute approximate surface area is 154 Å². The summed E-state index contributed by atoms with van der Waals surface area (Å²) in [5.41, 5.74) is 4.29. The predicted molar refractivity (Wildman–Crippen MR) is 100 cm³/mol. The topological polar surface area (TPSA) is 45.7 Å². The quantitative estimate of drug-likeness (QED) is 0.853. The van der Waals surface area contributed by atoms with Crippen LogP contribution in [0.25, 0.3) is 0 Å². The molecule has 0 radical (unpaired) electrons. The minimum absolute atomic E-state index is 0.132. The molecule has 4 rings (SSSR count). The Morgan fingerprint density at radius 3 is 2.85 bits per heavy atom. The Hall–Kier alpha value is -2.40. The number of pyridine rings is 1.